The van der Waals surface area contributed by atoms with Crippen LogP contribution in [0, 0.1) is 5.82 Å². The van der Waals surface area contributed by atoms with Crippen molar-refractivity contribution in [3.05, 3.63) is 53.9 Å². The Hall–Kier alpha value is -2.01. The van der Waals surface area contributed by atoms with Gasteiger partial charge in [-0.3, -0.25) is 9.69 Å². The van der Waals surface area contributed by atoms with Gasteiger partial charge < -0.3 is 4.57 Å². The molecular formula is C15H18FN3O. The molecule has 1 aromatic carbocycles. The van der Waals surface area contributed by atoms with E-state index in [9.17, 15) is 9.18 Å². The summed E-state index contributed by atoms with van der Waals surface area (Å²) >= 11 is 0. The van der Waals surface area contributed by atoms with E-state index >= 15 is 0 Å². The first kappa shape index (κ1) is 14.4. The normalized spacial score (nSPS) is 11.0. The van der Waals surface area contributed by atoms with E-state index in [0.29, 0.717) is 25.1 Å². The number of benzene rings is 1. The Morgan fingerprint density at radius 3 is 2.90 bits per heavy atom. The van der Waals surface area contributed by atoms with Gasteiger partial charge in [-0.1, -0.05) is 12.1 Å². The third-order valence-corrected chi connectivity index (χ3v) is 3.20. The molecule has 2 rings (SSSR count). The molecule has 0 aliphatic rings. The van der Waals surface area contributed by atoms with Crippen LogP contribution in [0.25, 0.3) is 0 Å². The minimum Gasteiger partial charge on any atom is -0.337 e. The van der Waals surface area contributed by atoms with Gasteiger partial charge >= 0.3 is 0 Å². The number of imidazole rings is 1. The van der Waals surface area contributed by atoms with Crippen molar-refractivity contribution in [2.45, 2.75) is 13.0 Å². The minimum atomic E-state index is -0.378. The second kappa shape index (κ2) is 6.43. The standard InChI is InChI=1S/C15H18FN3O/c1-18(11-15-17-7-9-19(15)2)8-6-14(20)12-4-3-5-13(16)10-12/h3-5,7,9-10H,6,8,11H2,1-2H3. The second-order valence-electron chi connectivity index (χ2n) is 4.88. The van der Waals surface area contributed by atoms with Crippen LogP contribution in [0.2, 0.25) is 0 Å². The molecule has 0 atom stereocenters. The molecule has 0 bridgehead atoms. The average Bonchev–Trinajstić information content (AvgIpc) is 2.81. The van der Waals surface area contributed by atoms with Crippen molar-refractivity contribution in [3.8, 4) is 0 Å². The number of carbonyl (C=O) groups is 1. The van der Waals surface area contributed by atoms with Crippen LogP contribution in [0.3, 0.4) is 0 Å². The summed E-state index contributed by atoms with van der Waals surface area (Å²) in [5.41, 5.74) is 0.426. The lowest BCUT2D eigenvalue weighted by atomic mass is 10.1. The highest BCUT2D eigenvalue weighted by atomic mass is 19.1. The third kappa shape index (κ3) is 3.74. The van der Waals surface area contributed by atoms with Gasteiger partial charge in [0.25, 0.3) is 0 Å². The Bertz CT molecular complexity index is 594. The van der Waals surface area contributed by atoms with Crippen molar-refractivity contribution < 1.29 is 9.18 Å². The summed E-state index contributed by atoms with van der Waals surface area (Å²) in [5, 5.41) is 0. The van der Waals surface area contributed by atoms with Crippen LogP contribution >= 0.6 is 0 Å². The van der Waals surface area contributed by atoms with Crippen LogP contribution in [0.15, 0.2) is 36.7 Å². The molecule has 0 saturated heterocycles. The molecule has 1 aromatic heterocycles. The first-order valence-corrected chi connectivity index (χ1v) is 6.50. The molecule has 5 heteroatoms. The molecule has 0 saturated carbocycles. The van der Waals surface area contributed by atoms with Crippen molar-refractivity contribution in [1.29, 1.82) is 0 Å². The van der Waals surface area contributed by atoms with Crippen LogP contribution in [0.4, 0.5) is 4.39 Å². The fourth-order valence-electron chi connectivity index (χ4n) is 1.97. The van der Waals surface area contributed by atoms with Crippen molar-refractivity contribution in [3.63, 3.8) is 0 Å². The molecule has 0 amide bonds. The fourth-order valence-corrected chi connectivity index (χ4v) is 1.97. The second-order valence-corrected chi connectivity index (χ2v) is 4.88. The van der Waals surface area contributed by atoms with Crippen LogP contribution in [-0.2, 0) is 13.6 Å². The number of ketones is 1. The predicted molar refractivity (Wildman–Crippen MR) is 74.9 cm³/mol. The quantitative estimate of drug-likeness (QED) is 0.759. The van der Waals surface area contributed by atoms with E-state index in [1.807, 2.05) is 29.8 Å². The lowest BCUT2D eigenvalue weighted by Gasteiger charge is -2.15. The summed E-state index contributed by atoms with van der Waals surface area (Å²) in [6.45, 7) is 1.29. The molecule has 0 fully saturated rings. The summed E-state index contributed by atoms with van der Waals surface area (Å²) in [4.78, 5) is 18.2. The Balaban J connectivity index is 1.86. The zero-order valence-electron chi connectivity index (χ0n) is 11.7. The summed E-state index contributed by atoms with van der Waals surface area (Å²) in [7, 11) is 3.88. The smallest absolute Gasteiger partial charge is 0.164 e. The van der Waals surface area contributed by atoms with Gasteiger partial charge in [-0.05, 0) is 19.2 Å². The molecule has 0 aliphatic heterocycles. The largest absolute Gasteiger partial charge is 0.337 e. The van der Waals surface area contributed by atoms with Gasteiger partial charge in [0.2, 0.25) is 0 Å². The highest BCUT2D eigenvalue weighted by molar-refractivity contribution is 5.96. The van der Waals surface area contributed by atoms with E-state index in [1.54, 1.807) is 18.3 Å². The van der Waals surface area contributed by atoms with Gasteiger partial charge in [-0.25, -0.2) is 9.37 Å². The average molecular weight is 275 g/mol. The number of aromatic nitrogens is 2. The van der Waals surface area contributed by atoms with Crippen molar-refractivity contribution in [2.24, 2.45) is 7.05 Å². The number of aryl methyl sites for hydroxylation is 1. The highest BCUT2D eigenvalue weighted by Gasteiger charge is 2.10. The van der Waals surface area contributed by atoms with Gasteiger partial charge in [-0.15, -0.1) is 0 Å². The topological polar surface area (TPSA) is 38.1 Å². The Morgan fingerprint density at radius 2 is 2.25 bits per heavy atom. The monoisotopic (exact) mass is 275 g/mol. The summed E-state index contributed by atoms with van der Waals surface area (Å²) in [5.74, 6) is 0.527. The summed E-state index contributed by atoms with van der Waals surface area (Å²) in [6, 6.07) is 5.81. The Labute approximate surface area is 117 Å². The highest BCUT2D eigenvalue weighted by Crippen LogP contribution is 2.08. The van der Waals surface area contributed by atoms with E-state index in [0.717, 1.165) is 5.82 Å². The zero-order valence-corrected chi connectivity index (χ0v) is 11.7. The number of halogens is 1. The van der Waals surface area contributed by atoms with E-state index < -0.39 is 0 Å². The maximum atomic E-state index is 13.0. The van der Waals surface area contributed by atoms with Gasteiger partial charge in [0.1, 0.15) is 11.6 Å². The molecule has 0 N–H and O–H groups in total. The maximum Gasteiger partial charge on any atom is 0.164 e. The molecule has 0 radical (unpaired) electrons. The van der Waals surface area contributed by atoms with Crippen molar-refractivity contribution in [1.82, 2.24) is 14.5 Å². The first-order chi connectivity index (χ1) is 9.56. The lowest BCUT2D eigenvalue weighted by Crippen LogP contribution is -2.23. The minimum absolute atomic E-state index is 0.0452. The molecule has 0 aliphatic carbocycles. The van der Waals surface area contributed by atoms with Crippen molar-refractivity contribution in [2.75, 3.05) is 13.6 Å². The van der Waals surface area contributed by atoms with Crippen molar-refractivity contribution >= 4 is 5.78 Å². The van der Waals surface area contributed by atoms with Crippen LogP contribution in [0.5, 0.6) is 0 Å². The molecular weight excluding hydrogens is 257 g/mol. The van der Waals surface area contributed by atoms with E-state index in [-0.39, 0.29) is 11.6 Å². The zero-order chi connectivity index (χ0) is 14.5. The number of nitrogens with zero attached hydrogens (tertiary/aromatic N) is 3. The lowest BCUT2D eigenvalue weighted by molar-refractivity contribution is 0.0967. The number of Topliss-reactive ketones (excluding diaryl/α,β-unsaturated/α-hetero) is 1. The number of hydrogen-bond acceptors (Lipinski definition) is 3. The van der Waals surface area contributed by atoms with Crippen LogP contribution in [-0.4, -0.2) is 33.8 Å². The molecule has 1 heterocycles. The SMILES string of the molecule is CN(CCC(=O)c1cccc(F)c1)Cc1nccn1C. The molecule has 2 aromatic rings. The van der Waals surface area contributed by atoms with Crippen LogP contribution < -0.4 is 0 Å². The third-order valence-electron chi connectivity index (χ3n) is 3.20. The van der Waals surface area contributed by atoms with Gasteiger partial charge in [0.05, 0.1) is 6.54 Å². The van der Waals surface area contributed by atoms with Crippen LogP contribution in [0.1, 0.15) is 22.6 Å². The molecule has 0 unspecified atom stereocenters. The maximum absolute atomic E-state index is 13.0. The number of rotatable bonds is 6. The summed E-state index contributed by atoms with van der Waals surface area (Å²) < 4.78 is 15.0. The molecule has 4 nitrogen and oxygen atoms in total. The van der Waals surface area contributed by atoms with Gasteiger partial charge in [0.15, 0.2) is 5.78 Å². The van der Waals surface area contributed by atoms with E-state index in [4.69, 9.17) is 0 Å². The molecule has 20 heavy (non-hydrogen) atoms. The van der Waals surface area contributed by atoms with E-state index in [2.05, 4.69) is 4.98 Å². The predicted octanol–water partition coefficient (Wildman–Crippen LogP) is 2.26. The van der Waals surface area contributed by atoms with Gasteiger partial charge in [0, 0.05) is 38.0 Å². The first-order valence-electron chi connectivity index (χ1n) is 6.50. The summed E-state index contributed by atoms with van der Waals surface area (Å²) in [6.07, 6.45) is 4.01. The Kier molecular flexibility index (Phi) is 4.63. The van der Waals surface area contributed by atoms with Gasteiger partial charge in [-0.2, -0.15) is 0 Å². The molecule has 106 valence electrons. The Morgan fingerprint density at radius 1 is 1.45 bits per heavy atom. The fraction of sp³-hybridized carbons (Fsp3) is 0.333. The number of hydrogen-bond donors (Lipinski definition) is 0. The molecule has 0 spiro atoms. The van der Waals surface area contributed by atoms with E-state index in [1.165, 1.54) is 12.1 Å². The number of carbonyl (C=O) groups excluding carboxylic acids is 1.